The third-order valence-electron chi connectivity index (χ3n) is 2.52. The fourth-order valence-electron chi connectivity index (χ4n) is 1.09. The molecule has 1 aromatic rings. The molecule has 2 unspecified atom stereocenters. The Labute approximate surface area is 89.3 Å². The highest BCUT2D eigenvalue weighted by atomic mass is 32.1. The van der Waals surface area contributed by atoms with Crippen LogP contribution in [0.2, 0.25) is 0 Å². The Morgan fingerprint density at radius 3 is 2.71 bits per heavy atom. The van der Waals surface area contributed by atoms with Gasteiger partial charge in [-0.2, -0.15) is 0 Å². The van der Waals surface area contributed by atoms with Gasteiger partial charge in [0.2, 0.25) is 0 Å². The van der Waals surface area contributed by atoms with Crippen LogP contribution in [0.25, 0.3) is 0 Å². The molecule has 2 nitrogen and oxygen atoms in total. The molecule has 0 aliphatic carbocycles. The first-order chi connectivity index (χ1) is 6.63. The number of aliphatic imine (C=N–C) groups is 1. The van der Waals surface area contributed by atoms with E-state index in [9.17, 15) is 0 Å². The van der Waals surface area contributed by atoms with Crippen molar-refractivity contribution in [2.45, 2.75) is 33.2 Å². The number of hydrogen-bond donors (Lipinski definition) is 1. The second-order valence-corrected chi connectivity index (χ2v) is 4.67. The van der Waals surface area contributed by atoms with Crippen LogP contribution in [0.3, 0.4) is 0 Å². The average Bonchev–Trinajstić information content (AvgIpc) is 2.59. The van der Waals surface area contributed by atoms with Crippen molar-refractivity contribution >= 4 is 17.6 Å². The van der Waals surface area contributed by atoms with E-state index in [1.807, 2.05) is 12.3 Å². The molecule has 78 valence electrons. The standard InChI is InChI=1S/C11H17NOS/c1-4-8(2)9(3)12-7-10-5-6-11(13)14-10/h5-9,13H,4H2,1-3H3. The topological polar surface area (TPSA) is 32.6 Å². The summed E-state index contributed by atoms with van der Waals surface area (Å²) >= 11 is 1.36. The summed E-state index contributed by atoms with van der Waals surface area (Å²) in [5, 5.41) is 9.48. The lowest BCUT2D eigenvalue weighted by molar-refractivity contribution is 0.473. The molecule has 1 aromatic heterocycles. The molecule has 1 N–H and O–H groups in total. The summed E-state index contributed by atoms with van der Waals surface area (Å²) in [4.78, 5) is 5.46. The first kappa shape index (κ1) is 11.2. The lowest BCUT2D eigenvalue weighted by Gasteiger charge is -2.12. The van der Waals surface area contributed by atoms with Crippen molar-refractivity contribution in [1.29, 1.82) is 0 Å². The van der Waals surface area contributed by atoms with Crippen LogP contribution in [0, 0.1) is 5.92 Å². The fourth-order valence-corrected chi connectivity index (χ4v) is 1.72. The maximum Gasteiger partial charge on any atom is 0.171 e. The van der Waals surface area contributed by atoms with Gasteiger partial charge in [-0.3, -0.25) is 4.99 Å². The first-order valence-electron chi connectivity index (χ1n) is 4.95. The molecule has 0 amide bonds. The van der Waals surface area contributed by atoms with Crippen molar-refractivity contribution in [3.05, 3.63) is 17.0 Å². The van der Waals surface area contributed by atoms with Crippen LogP contribution in [0.4, 0.5) is 0 Å². The third-order valence-corrected chi connectivity index (χ3v) is 3.34. The van der Waals surface area contributed by atoms with E-state index in [2.05, 4.69) is 25.8 Å². The van der Waals surface area contributed by atoms with E-state index >= 15 is 0 Å². The maximum atomic E-state index is 9.13. The Kier molecular flexibility index (Phi) is 4.14. The Morgan fingerprint density at radius 1 is 1.50 bits per heavy atom. The van der Waals surface area contributed by atoms with E-state index in [0.29, 0.717) is 17.0 Å². The van der Waals surface area contributed by atoms with Crippen LogP contribution in [0.5, 0.6) is 5.06 Å². The van der Waals surface area contributed by atoms with Gasteiger partial charge in [-0.15, -0.1) is 0 Å². The van der Waals surface area contributed by atoms with E-state index in [0.717, 1.165) is 11.3 Å². The summed E-state index contributed by atoms with van der Waals surface area (Å²) in [6, 6.07) is 3.93. The van der Waals surface area contributed by atoms with Crippen LogP contribution in [0.1, 0.15) is 32.1 Å². The van der Waals surface area contributed by atoms with Gasteiger partial charge in [0.1, 0.15) is 0 Å². The van der Waals surface area contributed by atoms with E-state index < -0.39 is 0 Å². The van der Waals surface area contributed by atoms with Crippen LogP contribution < -0.4 is 0 Å². The van der Waals surface area contributed by atoms with Gasteiger partial charge in [-0.25, -0.2) is 0 Å². The van der Waals surface area contributed by atoms with Gasteiger partial charge in [-0.1, -0.05) is 31.6 Å². The Bertz CT molecular complexity index is 306. The molecule has 0 radical (unpaired) electrons. The summed E-state index contributed by atoms with van der Waals surface area (Å²) in [6.45, 7) is 6.50. The van der Waals surface area contributed by atoms with E-state index in [-0.39, 0.29) is 0 Å². The highest BCUT2D eigenvalue weighted by molar-refractivity contribution is 7.15. The monoisotopic (exact) mass is 211 g/mol. The number of aromatic hydroxyl groups is 1. The highest BCUT2D eigenvalue weighted by Gasteiger charge is 2.06. The quantitative estimate of drug-likeness (QED) is 0.761. The highest BCUT2D eigenvalue weighted by Crippen LogP contribution is 2.21. The Morgan fingerprint density at radius 2 is 2.21 bits per heavy atom. The molecule has 14 heavy (non-hydrogen) atoms. The zero-order chi connectivity index (χ0) is 10.6. The van der Waals surface area contributed by atoms with Gasteiger partial charge in [0.05, 0.1) is 0 Å². The number of nitrogens with zero attached hydrogens (tertiary/aromatic N) is 1. The van der Waals surface area contributed by atoms with Crippen LogP contribution >= 0.6 is 11.3 Å². The summed E-state index contributed by atoms with van der Waals surface area (Å²) in [5.41, 5.74) is 0. The van der Waals surface area contributed by atoms with Crippen molar-refractivity contribution < 1.29 is 5.11 Å². The molecular weight excluding hydrogens is 194 g/mol. The van der Waals surface area contributed by atoms with E-state index in [1.165, 1.54) is 11.3 Å². The minimum atomic E-state index is 0.350. The molecule has 0 aliphatic heterocycles. The SMILES string of the molecule is CCC(C)C(C)N=Cc1ccc(O)s1. The van der Waals surface area contributed by atoms with Crippen molar-refractivity contribution in [1.82, 2.24) is 0 Å². The predicted octanol–water partition coefficient (Wildman–Crippen LogP) is 3.31. The average molecular weight is 211 g/mol. The van der Waals surface area contributed by atoms with Gasteiger partial charge < -0.3 is 5.11 Å². The Hall–Kier alpha value is -0.830. The second-order valence-electron chi connectivity index (χ2n) is 3.58. The van der Waals surface area contributed by atoms with Crippen molar-refractivity contribution in [3.63, 3.8) is 0 Å². The molecule has 0 aromatic carbocycles. The molecule has 0 fully saturated rings. The molecule has 1 heterocycles. The number of thiophene rings is 1. The van der Waals surface area contributed by atoms with Crippen molar-refractivity contribution in [2.75, 3.05) is 0 Å². The minimum Gasteiger partial charge on any atom is -0.499 e. The minimum absolute atomic E-state index is 0.350. The molecule has 0 saturated carbocycles. The van der Waals surface area contributed by atoms with Gasteiger partial charge in [-0.05, 0) is 25.0 Å². The maximum absolute atomic E-state index is 9.13. The zero-order valence-corrected chi connectivity index (χ0v) is 9.71. The zero-order valence-electron chi connectivity index (χ0n) is 8.90. The van der Waals surface area contributed by atoms with Gasteiger partial charge in [0.25, 0.3) is 0 Å². The molecule has 0 saturated heterocycles. The van der Waals surface area contributed by atoms with Crippen LogP contribution in [0.15, 0.2) is 17.1 Å². The van der Waals surface area contributed by atoms with Gasteiger partial charge >= 0.3 is 0 Å². The summed E-state index contributed by atoms with van der Waals surface area (Å²) in [6.07, 6.45) is 3.00. The first-order valence-corrected chi connectivity index (χ1v) is 5.77. The third kappa shape index (κ3) is 3.14. The lowest BCUT2D eigenvalue weighted by Crippen LogP contribution is -2.10. The molecular formula is C11H17NOS. The van der Waals surface area contributed by atoms with Crippen molar-refractivity contribution in [3.8, 4) is 5.06 Å². The number of rotatable bonds is 4. The lowest BCUT2D eigenvalue weighted by atomic mass is 10.0. The summed E-state index contributed by atoms with van der Waals surface area (Å²) in [7, 11) is 0. The normalized spacial score (nSPS) is 15.9. The molecule has 2 atom stereocenters. The van der Waals surface area contributed by atoms with Crippen molar-refractivity contribution in [2.24, 2.45) is 10.9 Å². The molecule has 0 aliphatic rings. The molecule has 0 spiro atoms. The second kappa shape index (κ2) is 5.15. The van der Waals surface area contributed by atoms with Crippen LogP contribution in [-0.2, 0) is 0 Å². The smallest absolute Gasteiger partial charge is 0.171 e. The fraction of sp³-hybridized carbons (Fsp3) is 0.545. The van der Waals surface area contributed by atoms with Gasteiger partial charge in [0.15, 0.2) is 5.06 Å². The molecule has 1 rings (SSSR count). The largest absolute Gasteiger partial charge is 0.499 e. The Balaban J connectivity index is 2.55. The number of hydrogen-bond acceptors (Lipinski definition) is 3. The van der Waals surface area contributed by atoms with E-state index in [4.69, 9.17) is 5.11 Å². The van der Waals surface area contributed by atoms with Crippen LogP contribution in [-0.4, -0.2) is 17.4 Å². The molecule has 3 heteroatoms. The summed E-state index contributed by atoms with van der Waals surface area (Å²) in [5.74, 6) is 0.611. The molecule has 0 bridgehead atoms. The van der Waals surface area contributed by atoms with E-state index in [1.54, 1.807) is 6.07 Å². The van der Waals surface area contributed by atoms with Gasteiger partial charge in [0, 0.05) is 17.1 Å². The summed E-state index contributed by atoms with van der Waals surface area (Å²) < 4.78 is 0. The predicted molar refractivity (Wildman–Crippen MR) is 62.5 cm³/mol.